The fourth-order valence-corrected chi connectivity index (χ4v) is 6.35. The largest absolute Gasteiger partial charge is 0.508 e. The molecule has 4 bridgehead atoms. The van der Waals surface area contributed by atoms with Crippen LogP contribution in [0.4, 0.5) is 0 Å². The first-order valence-electron chi connectivity index (χ1n) is 9.56. The number of hydrogen-bond donors (Lipinski definition) is 2. The Bertz CT molecular complexity index is 684. The van der Waals surface area contributed by atoms with Gasteiger partial charge in [0, 0.05) is 11.5 Å². The molecule has 2 heteroatoms. The second kappa shape index (κ2) is 5.49. The molecule has 0 saturated heterocycles. The van der Waals surface area contributed by atoms with Gasteiger partial charge in [0.15, 0.2) is 0 Å². The molecule has 0 unspecified atom stereocenters. The second-order valence-electron chi connectivity index (χ2n) is 8.45. The highest BCUT2D eigenvalue weighted by Gasteiger charge is 2.47. The van der Waals surface area contributed by atoms with Crippen molar-refractivity contribution in [1.29, 1.82) is 0 Å². The van der Waals surface area contributed by atoms with Crippen molar-refractivity contribution < 1.29 is 10.2 Å². The van der Waals surface area contributed by atoms with Crippen LogP contribution in [0.15, 0.2) is 47.6 Å². The summed E-state index contributed by atoms with van der Waals surface area (Å²) in [5.41, 5.74) is 3.84. The third-order valence-electron chi connectivity index (χ3n) is 7.07. The van der Waals surface area contributed by atoms with Crippen LogP contribution in [0.2, 0.25) is 0 Å². The smallest absolute Gasteiger partial charge is 0.121 e. The molecule has 4 fully saturated rings. The lowest BCUT2D eigenvalue weighted by Gasteiger charge is -2.52. The zero-order valence-corrected chi connectivity index (χ0v) is 14.1. The summed E-state index contributed by atoms with van der Waals surface area (Å²) in [5, 5.41) is 21.1. The Hall–Kier alpha value is -1.54. The number of hydrogen-bond acceptors (Lipinski definition) is 2. The zero-order chi connectivity index (χ0) is 16.3. The molecule has 6 rings (SSSR count). The van der Waals surface area contributed by atoms with Crippen molar-refractivity contribution in [2.45, 2.75) is 44.6 Å². The molecule has 0 spiro atoms. The minimum Gasteiger partial charge on any atom is -0.508 e. The molecule has 1 aromatic rings. The second-order valence-corrected chi connectivity index (χ2v) is 8.45. The first kappa shape index (κ1) is 14.8. The van der Waals surface area contributed by atoms with Gasteiger partial charge in [0.05, 0.1) is 6.10 Å². The molecular formula is C22H26O2. The van der Waals surface area contributed by atoms with Crippen LogP contribution in [0.1, 0.15) is 50.2 Å². The number of rotatable bonds is 2. The summed E-state index contributed by atoms with van der Waals surface area (Å²) < 4.78 is 0. The van der Waals surface area contributed by atoms with Gasteiger partial charge in [-0.15, -0.1) is 0 Å². The topological polar surface area (TPSA) is 40.5 Å². The molecule has 126 valence electrons. The van der Waals surface area contributed by atoms with E-state index in [0.717, 1.165) is 30.1 Å². The molecule has 1 aromatic carbocycles. The minimum atomic E-state index is -0.635. The molecule has 24 heavy (non-hydrogen) atoms. The number of para-hydroxylation sites is 1. The van der Waals surface area contributed by atoms with Crippen LogP contribution in [0, 0.1) is 29.6 Å². The maximum atomic E-state index is 11.0. The maximum Gasteiger partial charge on any atom is 0.121 e. The summed E-state index contributed by atoms with van der Waals surface area (Å²) in [6.07, 6.45) is 11.7. The lowest BCUT2D eigenvalue weighted by atomic mass is 9.53. The quantitative estimate of drug-likeness (QED) is 0.771. The Balaban J connectivity index is 1.51. The zero-order valence-electron chi connectivity index (χ0n) is 14.1. The number of aliphatic hydroxyl groups is 1. The van der Waals surface area contributed by atoms with Crippen LogP contribution in [-0.2, 0) is 0 Å². The Morgan fingerprint density at radius 2 is 1.58 bits per heavy atom. The fraction of sp³-hybridized carbons (Fsp3) is 0.545. The number of phenolic OH excluding ortho intramolecular Hbond substituents is 1. The van der Waals surface area contributed by atoms with E-state index in [0.29, 0.717) is 5.56 Å². The van der Waals surface area contributed by atoms with Crippen LogP contribution >= 0.6 is 0 Å². The van der Waals surface area contributed by atoms with Gasteiger partial charge in [-0.2, -0.15) is 0 Å². The van der Waals surface area contributed by atoms with Crippen molar-refractivity contribution in [3.8, 4) is 5.75 Å². The van der Waals surface area contributed by atoms with Crippen molar-refractivity contribution in [1.82, 2.24) is 0 Å². The summed E-state index contributed by atoms with van der Waals surface area (Å²) in [5.74, 6) is 3.73. The summed E-state index contributed by atoms with van der Waals surface area (Å²) in [7, 11) is 0. The maximum absolute atomic E-state index is 11.0. The molecule has 5 aliphatic carbocycles. The van der Waals surface area contributed by atoms with Crippen LogP contribution < -0.4 is 0 Å². The molecule has 2 atom stereocenters. The first-order chi connectivity index (χ1) is 11.7. The van der Waals surface area contributed by atoms with Gasteiger partial charge >= 0.3 is 0 Å². The monoisotopic (exact) mass is 322 g/mol. The average molecular weight is 322 g/mol. The van der Waals surface area contributed by atoms with Crippen molar-refractivity contribution in [3.63, 3.8) is 0 Å². The van der Waals surface area contributed by atoms with E-state index >= 15 is 0 Å². The van der Waals surface area contributed by atoms with Crippen molar-refractivity contribution >= 4 is 0 Å². The van der Waals surface area contributed by atoms with Gasteiger partial charge in [-0.25, -0.2) is 0 Å². The van der Waals surface area contributed by atoms with Crippen molar-refractivity contribution in [3.05, 3.63) is 53.1 Å². The van der Waals surface area contributed by atoms with Gasteiger partial charge in [0.1, 0.15) is 5.75 Å². The number of allylic oxidation sites excluding steroid dienone is 2. The van der Waals surface area contributed by atoms with Gasteiger partial charge < -0.3 is 10.2 Å². The van der Waals surface area contributed by atoms with Crippen LogP contribution in [0.3, 0.4) is 0 Å². The molecule has 5 aliphatic rings. The third kappa shape index (κ3) is 2.19. The lowest BCUT2D eigenvalue weighted by molar-refractivity contribution is 0.0655. The minimum absolute atomic E-state index is 0.0471. The normalized spacial score (nSPS) is 38.1. The fourth-order valence-electron chi connectivity index (χ4n) is 6.35. The highest BCUT2D eigenvalue weighted by Crippen LogP contribution is 2.58. The third-order valence-corrected chi connectivity index (χ3v) is 7.07. The Labute approximate surface area is 143 Å². The molecule has 4 saturated carbocycles. The number of benzene rings is 1. The van der Waals surface area contributed by atoms with E-state index in [1.165, 1.54) is 37.7 Å². The molecular weight excluding hydrogens is 296 g/mol. The van der Waals surface area contributed by atoms with Crippen molar-refractivity contribution in [2.75, 3.05) is 0 Å². The Morgan fingerprint density at radius 1 is 0.917 bits per heavy atom. The molecule has 0 heterocycles. The van der Waals surface area contributed by atoms with Gasteiger partial charge in [-0.1, -0.05) is 41.5 Å². The Morgan fingerprint density at radius 3 is 2.25 bits per heavy atom. The van der Waals surface area contributed by atoms with E-state index < -0.39 is 6.10 Å². The number of aliphatic hydroxyl groups excluding tert-OH is 1. The van der Waals surface area contributed by atoms with Gasteiger partial charge in [-0.05, 0) is 68.3 Å². The van der Waals surface area contributed by atoms with Crippen LogP contribution in [0.5, 0.6) is 5.75 Å². The summed E-state index contributed by atoms with van der Waals surface area (Å²) >= 11 is 0. The van der Waals surface area contributed by atoms with E-state index in [2.05, 4.69) is 12.2 Å². The van der Waals surface area contributed by atoms with Gasteiger partial charge in [0.25, 0.3) is 0 Å². The standard InChI is InChI=1S/C22H26O2/c23-20-7-2-1-4-19(20)22(24)18-6-3-5-17(18)21-15-9-13-8-14(11-15)12-16(21)10-13/h1-4,6-7,13-16,18,22-24H,5,8-12H2/t13?,14?,15?,16?,18-,22-/m0/s1. The van der Waals surface area contributed by atoms with E-state index in [9.17, 15) is 10.2 Å². The highest BCUT2D eigenvalue weighted by atomic mass is 16.3. The molecule has 2 nitrogen and oxygen atoms in total. The highest BCUT2D eigenvalue weighted by molar-refractivity contribution is 5.41. The van der Waals surface area contributed by atoms with E-state index in [1.54, 1.807) is 11.6 Å². The van der Waals surface area contributed by atoms with E-state index in [1.807, 2.05) is 18.2 Å². The number of aromatic hydroxyl groups is 1. The SMILES string of the molecule is Oc1ccccc1[C@@H](O)[C@H]1C=CCC1=C1C2CC3CC(C2)CC1C3. The van der Waals surface area contributed by atoms with E-state index in [4.69, 9.17) is 0 Å². The van der Waals surface area contributed by atoms with Gasteiger partial charge in [0.2, 0.25) is 0 Å². The molecule has 2 N–H and O–H groups in total. The van der Waals surface area contributed by atoms with Crippen molar-refractivity contribution in [2.24, 2.45) is 29.6 Å². The summed E-state index contributed by atoms with van der Waals surface area (Å²) in [6, 6.07) is 7.23. The van der Waals surface area contributed by atoms with Crippen LogP contribution in [0.25, 0.3) is 0 Å². The summed E-state index contributed by atoms with van der Waals surface area (Å²) in [6.45, 7) is 0. The number of phenols is 1. The Kier molecular flexibility index (Phi) is 3.38. The first-order valence-corrected chi connectivity index (χ1v) is 9.56. The predicted octanol–water partition coefficient (Wildman–Crippen LogP) is 4.75. The lowest BCUT2D eigenvalue weighted by Crippen LogP contribution is -2.41. The molecule has 0 aromatic heterocycles. The summed E-state index contributed by atoms with van der Waals surface area (Å²) in [4.78, 5) is 0. The molecule has 0 amide bonds. The molecule has 0 radical (unpaired) electrons. The predicted molar refractivity (Wildman–Crippen MR) is 94.4 cm³/mol. The molecule has 0 aliphatic heterocycles. The van der Waals surface area contributed by atoms with Gasteiger partial charge in [-0.3, -0.25) is 0 Å². The average Bonchev–Trinajstić information content (AvgIpc) is 3.03. The van der Waals surface area contributed by atoms with E-state index in [-0.39, 0.29) is 11.7 Å². The van der Waals surface area contributed by atoms with Crippen LogP contribution in [-0.4, -0.2) is 10.2 Å².